The highest BCUT2D eigenvalue weighted by Crippen LogP contribution is 2.51. The molecule has 58 heavy (non-hydrogen) atoms. The fraction of sp³-hybridized carbons (Fsp3) is 0.340. The quantitative estimate of drug-likeness (QED) is 0.0339. The van der Waals surface area contributed by atoms with Crippen LogP contribution in [0.1, 0.15) is 65.2 Å². The number of carbonyl (C=O) groups excluding carboxylic acids is 4. The summed E-state index contributed by atoms with van der Waals surface area (Å²) in [6.45, 7) is 18.4. The largest absolute Gasteiger partial charge is 0.457 e. The lowest BCUT2D eigenvalue weighted by molar-refractivity contribution is -0.156. The summed E-state index contributed by atoms with van der Waals surface area (Å²) in [5.41, 5.74) is 0.177. The molecule has 306 valence electrons. The summed E-state index contributed by atoms with van der Waals surface area (Å²) in [6.07, 6.45) is 0.141. The number of β-lactam (4-membered cyclic amide) rings is 1. The maximum absolute atomic E-state index is 15.2. The van der Waals surface area contributed by atoms with Crippen LogP contribution in [0, 0.1) is 5.92 Å². The second-order valence-corrected chi connectivity index (χ2v) is 25.2. The lowest BCUT2D eigenvalue weighted by Gasteiger charge is -2.53. The van der Waals surface area contributed by atoms with Crippen molar-refractivity contribution in [1.82, 2.24) is 4.90 Å². The van der Waals surface area contributed by atoms with Gasteiger partial charge in [0.2, 0.25) is 5.91 Å². The van der Waals surface area contributed by atoms with Crippen LogP contribution in [0.2, 0.25) is 18.1 Å². The number of benzene rings is 4. The Morgan fingerprint density at radius 1 is 0.828 bits per heavy atom. The van der Waals surface area contributed by atoms with Gasteiger partial charge in [-0.05, 0) is 73.9 Å². The molecule has 0 aromatic heterocycles. The molecule has 1 unspecified atom stereocenters. The van der Waals surface area contributed by atoms with Gasteiger partial charge in [0.15, 0.2) is 14.1 Å². The highest BCUT2D eigenvalue weighted by Gasteiger charge is 2.57. The third-order valence-electron chi connectivity index (χ3n) is 10.8. The van der Waals surface area contributed by atoms with Crippen molar-refractivity contribution in [3.63, 3.8) is 0 Å². The predicted molar refractivity (Wildman–Crippen MR) is 238 cm³/mol. The van der Waals surface area contributed by atoms with Crippen LogP contribution in [0.5, 0.6) is 0 Å². The molecule has 4 aromatic carbocycles. The summed E-state index contributed by atoms with van der Waals surface area (Å²) in [6, 6.07) is 35.1. The Labute approximate surface area is 344 Å². The van der Waals surface area contributed by atoms with Crippen LogP contribution in [-0.2, 0) is 23.5 Å². The molecule has 0 spiro atoms. The van der Waals surface area contributed by atoms with Gasteiger partial charge in [0.25, 0.3) is 0 Å². The van der Waals surface area contributed by atoms with Crippen molar-refractivity contribution in [3.8, 4) is 0 Å². The van der Waals surface area contributed by atoms with E-state index >= 15 is 4.79 Å². The first-order chi connectivity index (χ1) is 27.3. The van der Waals surface area contributed by atoms with E-state index in [0.717, 1.165) is 15.9 Å². The SMILES string of the molecule is C=CCOC(=O)C(N1C(=O)[C@H](C(C)O[Si](C)(C)C(C)(C)C)[C@H]1CC(=O)c1cccc(NC(=O)OC(C)(C)C)c1)=P(c1ccccc1)(c1ccccc1)c1ccccc1. The minimum absolute atomic E-state index is 0.0852. The summed E-state index contributed by atoms with van der Waals surface area (Å²) < 4.78 is 18.3. The van der Waals surface area contributed by atoms with Crippen molar-refractivity contribution in [2.75, 3.05) is 11.9 Å². The number of ether oxygens (including phenoxy) is 2. The molecule has 1 aliphatic rings. The van der Waals surface area contributed by atoms with E-state index in [9.17, 15) is 14.4 Å². The minimum Gasteiger partial charge on any atom is -0.457 e. The van der Waals surface area contributed by atoms with Gasteiger partial charge in [-0.15, -0.1) is 0 Å². The lowest BCUT2D eigenvalue weighted by Crippen LogP contribution is -2.69. The fourth-order valence-corrected chi connectivity index (χ4v) is 13.0. The number of likely N-dealkylation sites (tertiary alicyclic amines) is 1. The normalized spacial score (nSPS) is 16.4. The van der Waals surface area contributed by atoms with Crippen LogP contribution < -0.4 is 21.2 Å². The zero-order valence-electron chi connectivity index (χ0n) is 35.2. The topological polar surface area (TPSA) is 111 Å². The standard InChI is InChI=1S/C47H57N2O7PSi/c1-11-30-54-44(52)43(57(36-24-15-12-16-25-36,37-26-17-13-18-27-37)38-28-19-14-20-29-38)49-39(41(42(49)51)33(2)56-58(9,10)47(6,7)8)32-40(50)34-22-21-23-35(31-34)48-45(53)55-46(3,4)5/h11-29,31,33,39,41H,1,30,32H2,2-10H3,(H,48,53)/t33?,39-,41-/m1/s1. The van der Waals surface area contributed by atoms with Crippen LogP contribution in [-0.4, -0.2) is 66.7 Å². The van der Waals surface area contributed by atoms with E-state index in [-0.39, 0.29) is 35.2 Å². The highest BCUT2D eigenvalue weighted by atomic mass is 31.2. The van der Waals surface area contributed by atoms with E-state index in [1.165, 1.54) is 6.08 Å². The number of carbonyl (C=O) groups is 4. The summed E-state index contributed by atoms with van der Waals surface area (Å²) in [5.74, 6) is -2.02. The van der Waals surface area contributed by atoms with Crippen molar-refractivity contribution < 1.29 is 33.1 Å². The van der Waals surface area contributed by atoms with E-state index in [1.807, 2.05) is 97.9 Å². The number of nitrogens with zero attached hydrogens (tertiary/aromatic N) is 1. The Kier molecular flexibility index (Phi) is 13.6. The minimum atomic E-state index is -3.23. The van der Waals surface area contributed by atoms with Crippen molar-refractivity contribution in [2.24, 2.45) is 5.92 Å². The molecule has 4 aromatic rings. The van der Waals surface area contributed by atoms with Crippen LogP contribution in [0.4, 0.5) is 10.5 Å². The second-order valence-electron chi connectivity index (χ2n) is 17.1. The first kappa shape index (κ1) is 44.1. The van der Waals surface area contributed by atoms with Crippen molar-refractivity contribution >= 4 is 66.0 Å². The van der Waals surface area contributed by atoms with Crippen molar-refractivity contribution in [3.05, 3.63) is 133 Å². The van der Waals surface area contributed by atoms with E-state index in [4.69, 9.17) is 13.9 Å². The maximum atomic E-state index is 15.2. The molecular formula is C47H57N2O7PSi. The van der Waals surface area contributed by atoms with Gasteiger partial charge < -0.3 is 18.8 Å². The Balaban J connectivity index is 1.76. The molecule has 1 fully saturated rings. The first-order valence-corrected chi connectivity index (χ1v) is 24.4. The molecular weight excluding hydrogens is 764 g/mol. The molecule has 0 radical (unpaired) electrons. The lowest BCUT2D eigenvalue weighted by atomic mass is 9.79. The molecule has 1 saturated heterocycles. The average molecular weight is 821 g/mol. The third kappa shape index (κ3) is 9.47. The van der Waals surface area contributed by atoms with E-state index in [2.05, 4.69) is 45.8 Å². The van der Waals surface area contributed by atoms with Crippen molar-refractivity contribution in [1.29, 1.82) is 0 Å². The predicted octanol–water partition coefficient (Wildman–Crippen LogP) is 8.70. The Morgan fingerprint density at radius 3 is 1.81 bits per heavy atom. The molecule has 0 saturated carbocycles. The number of Topliss-reactive ketones (excluding diaryl/α,β-unsaturated/α-hetero) is 1. The number of hydrogen-bond acceptors (Lipinski definition) is 7. The van der Waals surface area contributed by atoms with Gasteiger partial charge in [0, 0.05) is 24.6 Å². The molecule has 0 bridgehead atoms. The van der Waals surface area contributed by atoms with Gasteiger partial charge >= 0.3 is 12.1 Å². The molecule has 0 aliphatic carbocycles. The third-order valence-corrected chi connectivity index (χ3v) is 19.6. The van der Waals surface area contributed by atoms with Crippen molar-refractivity contribution in [2.45, 2.75) is 90.8 Å². The number of anilines is 1. The summed E-state index contributed by atoms with van der Waals surface area (Å²) in [7, 11) is -2.41. The summed E-state index contributed by atoms with van der Waals surface area (Å²) >= 11 is 0. The van der Waals surface area contributed by atoms with Gasteiger partial charge in [0.05, 0.1) is 18.1 Å². The molecule has 3 atom stereocenters. The van der Waals surface area contributed by atoms with Crippen LogP contribution in [0.25, 0.3) is 0 Å². The van der Waals surface area contributed by atoms with Gasteiger partial charge in [-0.3, -0.25) is 14.9 Å². The highest BCUT2D eigenvalue weighted by molar-refractivity contribution is 7.96. The van der Waals surface area contributed by atoms with Crippen LogP contribution in [0.3, 0.4) is 0 Å². The molecule has 5 rings (SSSR count). The molecule has 1 N–H and O–H groups in total. The summed E-state index contributed by atoms with van der Waals surface area (Å²) in [5, 5.41) is 5.09. The number of amides is 2. The second kappa shape index (κ2) is 17.9. The van der Waals surface area contributed by atoms with Gasteiger partial charge in [-0.1, -0.05) is 137 Å². The molecule has 2 amide bonds. The molecule has 1 aliphatic heterocycles. The maximum Gasteiger partial charge on any atom is 0.412 e. The monoisotopic (exact) mass is 820 g/mol. The Hall–Kier alpha value is -5.02. The van der Waals surface area contributed by atoms with Gasteiger partial charge in [-0.25, -0.2) is 9.59 Å². The van der Waals surface area contributed by atoms with Crippen LogP contribution in [0.15, 0.2) is 128 Å². The molecule has 9 nitrogen and oxygen atoms in total. The fourth-order valence-electron chi connectivity index (χ4n) is 7.14. The molecule has 1 heterocycles. The van der Waals surface area contributed by atoms with Crippen LogP contribution >= 0.6 is 6.89 Å². The van der Waals surface area contributed by atoms with Gasteiger partial charge in [-0.2, -0.15) is 0 Å². The average Bonchev–Trinajstić information content (AvgIpc) is 3.16. The van der Waals surface area contributed by atoms with E-state index in [1.54, 1.807) is 49.9 Å². The number of nitrogens with one attached hydrogen (secondary N) is 1. The van der Waals surface area contributed by atoms with E-state index < -0.39 is 50.9 Å². The number of rotatable bonds is 14. The zero-order chi connectivity index (χ0) is 42.5. The smallest absolute Gasteiger partial charge is 0.412 e. The zero-order valence-corrected chi connectivity index (χ0v) is 37.0. The number of hydrogen-bond donors (Lipinski definition) is 1. The summed E-state index contributed by atoms with van der Waals surface area (Å²) in [4.78, 5) is 58.9. The van der Waals surface area contributed by atoms with Gasteiger partial charge in [0.1, 0.15) is 17.6 Å². The van der Waals surface area contributed by atoms with E-state index in [0.29, 0.717) is 11.3 Å². The Morgan fingerprint density at radius 2 is 1.34 bits per heavy atom. The number of esters is 1. The molecule has 11 heteroatoms. The Bertz CT molecular complexity index is 2070. The number of ketones is 1. The first-order valence-electron chi connectivity index (χ1n) is 19.7.